The summed E-state index contributed by atoms with van der Waals surface area (Å²) in [5.41, 5.74) is 2.55. The smallest absolute Gasteiger partial charge is 0.354 e. The number of nitrogens with one attached hydrogen (secondary N) is 1. The van der Waals surface area contributed by atoms with Crippen molar-refractivity contribution in [1.82, 2.24) is 4.98 Å². The second-order valence-electron chi connectivity index (χ2n) is 8.26. The van der Waals surface area contributed by atoms with Gasteiger partial charge in [0.05, 0.1) is 18.0 Å². The number of carbonyl (C=O) groups excluding carboxylic acids is 2. The third-order valence-corrected chi connectivity index (χ3v) is 8.81. The Hall–Kier alpha value is -2.18. The van der Waals surface area contributed by atoms with Crippen LogP contribution in [0, 0.1) is 0 Å². The number of fused-ring (bicyclic) bond motifs is 2. The quantitative estimate of drug-likeness (QED) is 0.545. The Bertz CT molecular complexity index is 1220. The van der Waals surface area contributed by atoms with Gasteiger partial charge in [0, 0.05) is 12.0 Å². The molecule has 0 unspecified atom stereocenters. The van der Waals surface area contributed by atoms with Gasteiger partial charge in [0.2, 0.25) is 0 Å². The lowest BCUT2D eigenvalue weighted by Gasteiger charge is -2.14. The number of aliphatic hydroxyl groups excluding tert-OH is 1. The number of Topliss-reactive ketones (excluding diaryl/α,β-unsaturated/α-hetero) is 1. The summed E-state index contributed by atoms with van der Waals surface area (Å²) >= 11 is 0.837. The first-order valence-electron chi connectivity index (χ1n) is 9.91. The number of nitrogens with two attached hydrogens (primary N) is 1. The van der Waals surface area contributed by atoms with E-state index in [0.29, 0.717) is 24.1 Å². The minimum Gasteiger partial charge on any atom is -0.390 e. The number of hydrogen-bond acceptors (Lipinski definition) is 7. The van der Waals surface area contributed by atoms with Crippen LogP contribution < -0.4 is 10.5 Å². The number of carbonyl (C=O) groups is 2. The Balaban J connectivity index is 1.72. The molecule has 4 rings (SSSR count). The SMILES string of the molecule is CC(C)(O)c1nc(CO)c([S@@](N)(=O)=NC(=O)Nc2c3c(cc4c2C(=O)CC4)CCC3)s1. The summed E-state index contributed by atoms with van der Waals surface area (Å²) in [6.07, 6.45) is 3.58. The molecule has 0 spiro atoms. The predicted molar refractivity (Wildman–Crippen MR) is 116 cm³/mol. The van der Waals surface area contributed by atoms with Gasteiger partial charge in [0.15, 0.2) is 15.7 Å². The number of thiazole rings is 1. The topological polar surface area (TPSA) is 155 Å². The van der Waals surface area contributed by atoms with Gasteiger partial charge in [-0.2, -0.15) is 0 Å². The number of benzene rings is 1. The number of rotatable bonds is 4. The molecule has 5 N–H and O–H groups in total. The number of ketones is 1. The fourth-order valence-corrected chi connectivity index (χ4v) is 6.51. The summed E-state index contributed by atoms with van der Waals surface area (Å²) in [6, 6.07) is 1.11. The van der Waals surface area contributed by atoms with E-state index in [1.807, 2.05) is 6.07 Å². The van der Waals surface area contributed by atoms with Crippen molar-refractivity contribution in [2.24, 2.45) is 9.50 Å². The van der Waals surface area contributed by atoms with Gasteiger partial charge in [0.25, 0.3) is 0 Å². The highest BCUT2D eigenvalue weighted by atomic mass is 32.2. The van der Waals surface area contributed by atoms with E-state index in [1.165, 1.54) is 13.8 Å². The average Bonchev–Trinajstić information content (AvgIpc) is 3.38. The lowest BCUT2D eigenvalue weighted by atomic mass is 9.98. The van der Waals surface area contributed by atoms with E-state index in [2.05, 4.69) is 14.7 Å². The zero-order valence-electron chi connectivity index (χ0n) is 17.2. The number of amides is 2. The van der Waals surface area contributed by atoms with E-state index < -0.39 is 28.2 Å². The Morgan fingerprint density at radius 2 is 2.06 bits per heavy atom. The maximum Gasteiger partial charge on any atom is 0.354 e. The van der Waals surface area contributed by atoms with Crippen molar-refractivity contribution in [2.45, 2.75) is 62.4 Å². The molecule has 1 aromatic carbocycles. The first-order valence-corrected chi connectivity index (χ1v) is 12.3. The van der Waals surface area contributed by atoms with Crippen LogP contribution in [0.15, 0.2) is 14.6 Å². The molecule has 0 saturated carbocycles. The van der Waals surface area contributed by atoms with Crippen LogP contribution in [0.1, 0.15) is 64.4 Å². The predicted octanol–water partition coefficient (Wildman–Crippen LogP) is 2.41. The fourth-order valence-electron chi connectivity index (χ4n) is 4.05. The van der Waals surface area contributed by atoms with Crippen molar-refractivity contribution in [3.05, 3.63) is 39.0 Å². The highest BCUT2D eigenvalue weighted by Crippen LogP contribution is 2.39. The van der Waals surface area contributed by atoms with Crippen molar-refractivity contribution >= 4 is 38.8 Å². The minimum absolute atomic E-state index is 0.00264. The molecule has 0 radical (unpaired) electrons. The van der Waals surface area contributed by atoms with E-state index >= 15 is 0 Å². The van der Waals surface area contributed by atoms with E-state index in [0.717, 1.165) is 47.3 Å². The zero-order chi connectivity index (χ0) is 22.6. The van der Waals surface area contributed by atoms with E-state index in [-0.39, 0.29) is 20.7 Å². The molecule has 2 amide bonds. The maximum atomic E-state index is 13.1. The molecule has 0 aliphatic heterocycles. The van der Waals surface area contributed by atoms with Gasteiger partial charge in [-0.1, -0.05) is 6.07 Å². The molecule has 166 valence electrons. The van der Waals surface area contributed by atoms with Gasteiger partial charge in [-0.3, -0.25) is 4.79 Å². The molecule has 0 saturated heterocycles. The molecule has 1 atom stereocenters. The Morgan fingerprint density at radius 3 is 2.74 bits per heavy atom. The number of anilines is 1. The van der Waals surface area contributed by atoms with Gasteiger partial charge < -0.3 is 15.5 Å². The molecular weight excluding hydrogens is 440 g/mol. The molecule has 2 aromatic rings. The summed E-state index contributed by atoms with van der Waals surface area (Å²) in [5, 5.41) is 28.5. The monoisotopic (exact) mass is 464 g/mol. The second kappa shape index (κ2) is 7.75. The van der Waals surface area contributed by atoms with Crippen molar-refractivity contribution in [3.8, 4) is 0 Å². The average molecular weight is 465 g/mol. The lowest BCUT2D eigenvalue weighted by Crippen LogP contribution is -2.19. The van der Waals surface area contributed by atoms with Gasteiger partial charge in [-0.05, 0) is 56.2 Å². The summed E-state index contributed by atoms with van der Waals surface area (Å²) in [6.45, 7) is 2.42. The second-order valence-corrected chi connectivity index (χ2v) is 11.2. The Labute approximate surface area is 184 Å². The molecular formula is C20H24N4O5S2. The molecule has 11 heteroatoms. The third-order valence-electron chi connectivity index (χ3n) is 5.43. The summed E-state index contributed by atoms with van der Waals surface area (Å²) in [7, 11) is -3.74. The van der Waals surface area contributed by atoms with Crippen LogP contribution in [0.2, 0.25) is 0 Å². The molecule has 31 heavy (non-hydrogen) atoms. The van der Waals surface area contributed by atoms with Crippen LogP contribution >= 0.6 is 11.3 Å². The standard InChI is InChI=1S/C20H24N4O5S2/c1-20(2,28)18-22-13(9-25)17(30-18)31(21,29)24-19(27)23-16-12-5-3-4-10(12)8-11-6-7-14(26)15(11)16/h8,25,28H,3-7,9H2,1-2H3,(H3,21,23,24,27,29)/t31-/m0/s1. The fraction of sp³-hybridized carbons (Fsp3) is 0.450. The minimum atomic E-state index is -3.74. The number of hydrogen-bond donors (Lipinski definition) is 4. The lowest BCUT2D eigenvalue weighted by molar-refractivity contribution is 0.0778. The number of nitrogens with zero attached hydrogens (tertiary/aromatic N) is 2. The van der Waals surface area contributed by atoms with Crippen LogP contribution in [0.4, 0.5) is 10.5 Å². The largest absolute Gasteiger partial charge is 0.390 e. The van der Waals surface area contributed by atoms with E-state index in [4.69, 9.17) is 5.14 Å². The number of aromatic nitrogens is 1. The number of urea groups is 1. The van der Waals surface area contributed by atoms with Gasteiger partial charge in [-0.25, -0.2) is 19.1 Å². The Morgan fingerprint density at radius 1 is 1.32 bits per heavy atom. The summed E-state index contributed by atoms with van der Waals surface area (Å²) in [4.78, 5) is 29.3. The van der Waals surface area contributed by atoms with Gasteiger partial charge in [0.1, 0.15) is 14.8 Å². The molecule has 9 nitrogen and oxygen atoms in total. The van der Waals surface area contributed by atoms with Crippen LogP contribution in [0.5, 0.6) is 0 Å². The van der Waals surface area contributed by atoms with Crippen molar-refractivity contribution in [1.29, 1.82) is 0 Å². The highest BCUT2D eigenvalue weighted by molar-refractivity contribution is 7.93. The van der Waals surface area contributed by atoms with Crippen molar-refractivity contribution in [2.75, 3.05) is 5.32 Å². The van der Waals surface area contributed by atoms with Crippen LogP contribution in [-0.4, -0.2) is 31.2 Å². The van der Waals surface area contributed by atoms with Gasteiger partial charge >= 0.3 is 6.03 Å². The normalized spacial score (nSPS) is 17.3. The molecule has 0 bridgehead atoms. The first-order chi connectivity index (χ1) is 14.5. The summed E-state index contributed by atoms with van der Waals surface area (Å²) in [5.74, 6) is -0.0340. The van der Waals surface area contributed by atoms with E-state index in [9.17, 15) is 24.0 Å². The van der Waals surface area contributed by atoms with Crippen LogP contribution in [0.25, 0.3) is 0 Å². The number of aliphatic hydroxyl groups is 2. The molecule has 0 fully saturated rings. The van der Waals surface area contributed by atoms with E-state index in [1.54, 1.807) is 0 Å². The Kier molecular flexibility index (Phi) is 5.51. The van der Waals surface area contributed by atoms with Crippen LogP contribution in [0.3, 0.4) is 0 Å². The highest BCUT2D eigenvalue weighted by Gasteiger charge is 2.31. The molecule has 2 aliphatic rings. The first kappa shape index (κ1) is 22.0. The van der Waals surface area contributed by atoms with Crippen molar-refractivity contribution < 1.29 is 24.0 Å². The van der Waals surface area contributed by atoms with Crippen LogP contribution in [-0.2, 0) is 41.4 Å². The van der Waals surface area contributed by atoms with Crippen molar-refractivity contribution in [3.63, 3.8) is 0 Å². The van der Waals surface area contributed by atoms with Gasteiger partial charge in [-0.15, -0.1) is 15.7 Å². The zero-order valence-corrected chi connectivity index (χ0v) is 18.9. The molecule has 2 aliphatic carbocycles. The molecule has 1 aromatic heterocycles. The maximum absolute atomic E-state index is 13.1. The molecule has 1 heterocycles. The summed E-state index contributed by atoms with van der Waals surface area (Å²) < 4.78 is 16.7. The number of aryl methyl sites for hydroxylation is 2. The third kappa shape index (κ3) is 4.03.